The van der Waals surface area contributed by atoms with Gasteiger partial charge >= 0.3 is 0 Å². The van der Waals surface area contributed by atoms with Crippen molar-refractivity contribution in [3.63, 3.8) is 0 Å². The van der Waals surface area contributed by atoms with Gasteiger partial charge in [0.05, 0.1) is 6.04 Å². The second kappa shape index (κ2) is 5.89. The van der Waals surface area contributed by atoms with Crippen molar-refractivity contribution in [1.82, 2.24) is 10.2 Å². The van der Waals surface area contributed by atoms with Gasteiger partial charge in [0.25, 0.3) is 0 Å². The summed E-state index contributed by atoms with van der Waals surface area (Å²) in [5, 5.41) is 3.54. The Balaban J connectivity index is 1.84. The van der Waals surface area contributed by atoms with Gasteiger partial charge in [-0.25, -0.2) is 0 Å². The molecule has 2 unspecified atom stereocenters. The van der Waals surface area contributed by atoms with Gasteiger partial charge in [0.1, 0.15) is 11.5 Å². The summed E-state index contributed by atoms with van der Waals surface area (Å²) in [6.07, 6.45) is 1.30. The predicted octanol–water partition coefficient (Wildman–Crippen LogP) is 2.97. The third-order valence-corrected chi connectivity index (χ3v) is 3.85. The molecule has 1 aromatic heterocycles. The average molecular weight is 250 g/mol. The van der Waals surface area contributed by atoms with Gasteiger partial charge in [-0.3, -0.25) is 4.90 Å². The van der Waals surface area contributed by atoms with Gasteiger partial charge in [-0.05, 0) is 51.4 Å². The van der Waals surface area contributed by atoms with Crippen molar-refractivity contribution in [2.75, 3.05) is 19.6 Å². The third-order valence-electron chi connectivity index (χ3n) is 3.85. The van der Waals surface area contributed by atoms with Crippen LogP contribution >= 0.6 is 0 Å². The summed E-state index contributed by atoms with van der Waals surface area (Å²) in [7, 11) is 0. The molecule has 0 aliphatic carbocycles. The van der Waals surface area contributed by atoms with Crippen LogP contribution in [0.5, 0.6) is 0 Å². The normalized spacial score (nSPS) is 22.8. The van der Waals surface area contributed by atoms with Crippen molar-refractivity contribution in [2.45, 2.75) is 46.2 Å². The first-order valence-corrected chi connectivity index (χ1v) is 7.10. The maximum absolute atomic E-state index is 5.73. The Bertz CT molecular complexity index is 372. The van der Waals surface area contributed by atoms with E-state index in [9.17, 15) is 0 Å². The van der Waals surface area contributed by atoms with E-state index in [0.29, 0.717) is 12.1 Å². The van der Waals surface area contributed by atoms with E-state index in [1.165, 1.54) is 19.5 Å². The molecule has 0 saturated carbocycles. The highest BCUT2D eigenvalue weighted by molar-refractivity contribution is 5.09. The van der Waals surface area contributed by atoms with Crippen LogP contribution in [0.25, 0.3) is 0 Å². The first-order chi connectivity index (χ1) is 8.56. The van der Waals surface area contributed by atoms with Crippen LogP contribution in [-0.2, 0) is 0 Å². The maximum Gasteiger partial charge on any atom is 0.121 e. The lowest BCUT2D eigenvalue weighted by molar-refractivity contribution is 0.220. The summed E-state index contributed by atoms with van der Waals surface area (Å²) in [6, 6.07) is 5.16. The fourth-order valence-electron chi connectivity index (χ4n) is 2.64. The van der Waals surface area contributed by atoms with E-state index in [4.69, 9.17) is 4.42 Å². The minimum atomic E-state index is 0.405. The van der Waals surface area contributed by atoms with E-state index in [2.05, 4.69) is 43.1 Å². The Morgan fingerprint density at radius 3 is 2.78 bits per heavy atom. The molecule has 1 aromatic rings. The Morgan fingerprint density at radius 1 is 1.39 bits per heavy atom. The molecular formula is C15H26N2O. The fourth-order valence-corrected chi connectivity index (χ4v) is 2.64. The van der Waals surface area contributed by atoms with E-state index in [1.807, 2.05) is 6.92 Å². The molecular weight excluding hydrogens is 224 g/mol. The first kappa shape index (κ1) is 13.6. The largest absolute Gasteiger partial charge is 0.465 e. The number of hydrogen-bond acceptors (Lipinski definition) is 3. The number of hydrogen-bond donors (Lipinski definition) is 1. The number of rotatable bonds is 5. The second-order valence-electron chi connectivity index (χ2n) is 5.84. The Hall–Kier alpha value is -0.800. The van der Waals surface area contributed by atoms with E-state index >= 15 is 0 Å². The topological polar surface area (TPSA) is 28.4 Å². The molecule has 1 fully saturated rings. The average Bonchev–Trinajstić information content (AvgIpc) is 2.94. The minimum absolute atomic E-state index is 0.405. The van der Waals surface area contributed by atoms with Crippen molar-refractivity contribution < 1.29 is 4.42 Å². The molecule has 0 bridgehead atoms. The lowest BCUT2D eigenvalue weighted by Crippen LogP contribution is -2.31. The summed E-state index contributed by atoms with van der Waals surface area (Å²) < 4.78 is 5.73. The lowest BCUT2D eigenvalue weighted by Gasteiger charge is -2.22. The molecule has 1 N–H and O–H groups in total. The molecule has 2 heterocycles. The van der Waals surface area contributed by atoms with E-state index in [-0.39, 0.29) is 0 Å². The molecule has 2 atom stereocenters. The van der Waals surface area contributed by atoms with Crippen LogP contribution in [0, 0.1) is 12.8 Å². The molecule has 1 aliphatic heterocycles. The summed E-state index contributed by atoms with van der Waals surface area (Å²) >= 11 is 0. The quantitative estimate of drug-likeness (QED) is 0.871. The van der Waals surface area contributed by atoms with Gasteiger partial charge in [-0.2, -0.15) is 0 Å². The zero-order chi connectivity index (χ0) is 13.1. The molecule has 0 amide bonds. The highest BCUT2D eigenvalue weighted by Gasteiger charge is 2.27. The van der Waals surface area contributed by atoms with Gasteiger partial charge in [0.2, 0.25) is 0 Å². The molecule has 0 aromatic carbocycles. The minimum Gasteiger partial charge on any atom is -0.465 e. The number of aryl methyl sites for hydroxylation is 1. The number of likely N-dealkylation sites (tertiary alicyclic amines) is 1. The van der Waals surface area contributed by atoms with Crippen molar-refractivity contribution >= 4 is 0 Å². The summed E-state index contributed by atoms with van der Waals surface area (Å²) in [4.78, 5) is 2.53. The van der Waals surface area contributed by atoms with Crippen LogP contribution in [0.1, 0.15) is 44.8 Å². The Morgan fingerprint density at radius 2 is 2.17 bits per heavy atom. The lowest BCUT2D eigenvalue weighted by atomic mass is 10.1. The van der Waals surface area contributed by atoms with Crippen LogP contribution in [-0.4, -0.2) is 30.6 Å². The van der Waals surface area contributed by atoms with Crippen molar-refractivity contribution in [1.29, 1.82) is 0 Å². The van der Waals surface area contributed by atoms with Crippen LogP contribution in [0.3, 0.4) is 0 Å². The summed E-state index contributed by atoms with van der Waals surface area (Å²) in [6.45, 7) is 12.2. The van der Waals surface area contributed by atoms with Gasteiger partial charge in [-0.1, -0.05) is 13.8 Å². The maximum atomic E-state index is 5.73. The van der Waals surface area contributed by atoms with Crippen LogP contribution in [0.4, 0.5) is 0 Å². The van der Waals surface area contributed by atoms with E-state index in [1.54, 1.807) is 0 Å². The monoisotopic (exact) mass is 250 g/mol. The number of nitrogens with one attached hydrogen (secondary N) is 1. The van der Waals surface area contributed by atoms with E-state index < -0.39 is 0 Å². The van der Waals surface area contributed by atoms with Gasteiger partial charge < -0.3 is 9.73 Å². The number of nitrogens with zero attached hydrogens (tertiary/aromatic N) is 1. The molecule has 1 aliphatic rings. The first-order valence-electron chi connectivity index (χ1n) is 7.10. The molecule has 2 rings (SSSR count). The molecule has 18 heavy (non-hydrogen) atoms. The molecule has 102 valence electrons. The van der Waals surface area contributed by atoms with E-state index in [0.717, 1.165) is 24.0 Å². The van der Waals surface area contributed by atoms with Gasteiger partial charge in [0, 0.05) is 12.6 Å². The zero-order valence-corrected chi connectivity index (χ0v) is 12.1. The Kier molecular flexibility index (Phi) is 4.46. The van der Waals surface area contributed by atoms with Crippen LogP contribution < -0.4 is 5.32 Å². The molecule has 0 radical (unpaired) electrons. The molecule has 3 nitrogen and oxygen atoms in total. The third kappa shape index (κ3) is 3.36. The van der Waals surface area contributed by atoms with Crippen molar-refractivity contribution in [3.8, 4) is 0 Å². The number of furan rings is 1. The summed E-state index contributed by atoms with van der Waals surface area (Å²) in [5.41, 5.74) is 0. The zero-order valence-electron chi connectivity index (χ0n) is 12.1. The Labute approximate surface area is 111 Å². The van der Waals surface area contributed by atoms with Crippen LogP contribution in [0.2, 0.25) is 0 Å². The van der Waals surface area contributed by atoms with Gasteiger partial charge in [0.15, 0.2) is 0 Å². The predicted molar refractivity (Wildman–Crippen MR) is 74.7 cm³/mol. The smallest absolute Gasteiger partial charge is 0.121 e. The second-order valence-corrected chi connectivity index (χ2v) is 5.84. The molecule has 1 saturated heterocycles. The van der Waals surface area contributed by atoms with Crippen LogP contribution in [0.15, 0.2) is 16.5 Å². The van der Waals surface area contributed by atoms with Gasteiger partial charge in [-0.15, -0.1) is 0 Å². The molecule has 3 heteroatoms. The standard InChI is InChI=1S/C15H26N2O/c1-11(2)16-9-14-7-8-17(10-14)13(4)15-6-5-12(3)18-15/h5-6,11,13-14,16H,7-10H2,1-4H3. The SMILES string of the molecule is Cc1ccc(C(C)N2CCC(CNC(C)C)C2)o1. The van der Waals surface area contributed by atoms with Crippen molar-refractivity contribution in [2.24, 2.45) is 5.92 Å². The summed E-state index contributed by atoms with van der Waals surface area (Å²) in [5.74, 6) is 2.89. The van der Waals surface area contributed by atoms with Crippen molar-refractivity contribution in [3.05, 3.63) is 23.7 Å². The highest BCUT2D eigenvalue weighted by atomic mass is 16.3. The molecule has 0 spiro atoms. The highest BCUT2D eigenvalue weighted by Crippen LogP contribution is 2.28. The fraction of sp³-hybridized carbons (Fsp3) is 0.733.